The quantitative estimate of drug-likeness (QED) is 0.802. The smallest absolute Gasteiger partial charge is 0.416 e. The lowest BCUT2D eigenvalue weighted by Crippen LogP contribution is -2.05. The fourth-order valence-corrected chi connectivity index (χ4v) is 2.32. The highest BCUT2D eigenvalue weighted by Gasteiger charge is 2.30. The number of rotatable bonds is 1. The van der Waals surface area contributed by atoms with Gasteiger partial charge in [-0.1, -0.05) is 6.07 Å². The van der Waals surface area contributed by atoms with Crippen LogP contribution in [-0.2, 0) is 6.18 Å². The second-order valence-corrected chi connectivity index (χ2v) is 4.75. The van der Waals surface area contributed by atoms with Crippen molar-refractivity contribution in [1.82, 2.24) is 4.57 Å². The van der Waals surface area contributed by atoms with Crippen molar-refractivity contribution in [2.45, 2.75) is 6.18 Å². The highest BCUT2D eigenvalue weighted by atomic mass is 32.2. The van der Waals surface area contributed by atoms with Crippen LogP contribution in [0.5, 0.6) is 5.88 Å². The number of nitrogens with zero attached hydrogens (tertiary/aromatic N) is 1. The van der Waals surface area contributed by atoms with Crippen molar-refractivity contribution in [3.05, 3.63) is 39.2 Å². The molecule has 0 atom stereocenters. The molecule has 2 nitrogen and oxygen atoms in total. The van der Waals surface area contributed by atoms with Gasteiger partial charge in [-0.15, -0.1) is 11.3 Å². The lowest BCUT2D eigenvalue weighted by atomic mass is 10.4. The highest BCUT2D eigenvalue weighted by molar-refractivity contribution is 7.73. The molecular weight excluding hydrogens is 281 g/mol. The third-order valence-corrected chi connectivity index (χ3v) is 3.29. The van der Waals surface area contributed by atoms with Gasteiger partial charge in [-0.25, -0.2) is 0 Å². The van der Waals surface area contributed by atoms with Crippen LogP contribution in [0.4, 0.5) is 13.2 Å². The standard InChI is InChI=1S/C10H6F3NOS2/c11-10(12,13)6-2-1-3-7(4-6)14-8(15)5-17-9(14)16/h1-5,15H/i4+2,5+2,7+2,8+2,9+2. The molecule has 2 rings (SSSR count). The van der Waals surface area contributed by atoms with Crippen LogP contribution in [0.3, 0.4) is 0 Å². The van der Waals surface area contributed by atoms with Crippen LogP contribution < -0.4 is 0 Å². The summed E-state index contributed by atoms with van der Waals surface area (Å²) in [5, 5.41) is 10.9. The topological polar surface area (TPSA) is 25.2 Å². The molecule has 17 heavy (non-hydrogen) atoms. The van der Waals surface area contributed by atoms with E-state index in [9.17, 15) is 18.3 Å². The Bertz CT molecular complexity index is 600. The number of aromatic nitrogens is 1. The molecular formula is C10H6F3NOS2. The first-order chi connectivity index (χ1) is 7.89. The average molecular weight is 287 g/mol. The van der Waals surface area contributed by atoms with Crippen LogP contribution in [0.25, 0.3) is 5.69 Å². The summed E-state index contributed by atoms with van der Waals surface area (Å²) < 4.78 is 39.0. The van der Waals surface area contributed by atoms with Crippen molar-refractivity contribution < 1.29 is 18.3 Å². The van der Waals surface area contributed by atoms with Crippen molar-refractivity contribution in [1.29, 1.82) is 0 Å². The number of aromatic hydroxyl groups is 1. The first-order valence-electron chi connectivity index (χ1n) is 4.47. The number of thiazole rings is 1. The van der Waals surface area contributed by atoms with Gasteiger partial charge in [0.25, 0.3) is 0 Å². The van der Waals surface area contributed by atoms with Gasteiger partial charge in [-0.3, -0.25) is 4.57 Å². The van der Waals surface area contributed by atoms with E-state index in [0.717, 1.165) is 23.5 Å². The van der Waals surface area contributed by atoms with Gasteiger partial charge in [0.05, 0.1) is 16.6 Å². The predicted molar refractivity (Wildman–Crippen MR) is 61.1 cm³/mol. The molecule has 1 aromatic carbocycles. The van der Waals surface area contributed by atoms with E-state index < -0.39 is 11.7 Å². The Morgan fingerprint density at radius 1 is 1.47 bits per heavy atom. The average Bonchev–Trinajstić information content (AvgIpc) is 2.57. The molecule has 90 valence electrons. The summed E-state index contributed by atoms with van der Waals surface area (Å²) in [6.45, 7) is 0. The SMILES string of the molecule is O[14c]1[14cH]s[14c](=S)n1-[14c]1cccc(C(F)(F)F)[14cH]1. The Balaban J connectivity index is 2.59. The summed E-state index contributed by atoms with van der Waals surface area (Å²) in [5.74, 6) is -0.167. The highest BCUT2D eigenvalue weighted by Crippen LogP contribution is 2.31. The summed E-state index contributed by atoms with van der Waals surface area (Å²) in [7, 11) is 0. The van der Waals surface area contributed by atoms with Crippen LogP contribution >= 0.6 is 23.6 Å². The van der Waals surface area contributed by atoms with Crippen LogP contribution in [0, 0.1) is 3.95 Å². The van der Waals surface area contributed by atoms with E-state index in [-0.39, 0.29) is 11.6 Å². The van der Waals surface area contributed by atoms with E-state index in [1.807, 2.05) is 0 Å². The van der Waals surface area contributed by atoms with E-state index in [0.29, 0.717) is 3.95 Å². The Kier molecular flexibility index (Phi) is 2.96. The molecule has 0 aliphatic rings. The largest absolute Gasteiger partial charge is 0.494 e. The molecule has 0 saturated carbocycles. The summed E-state index contributed by atoms with van der Waals surface area (Å²) in [6.07, 6.45) is -4.41. The minimum Gasteiger partial charge on any atom is -0.494 e. The van der Waals surface area contributed by atoms with E-state index in [1.54, 1.807) is 0 Å². The van der Waals surface area contributed by atoms with Crippen molar-refractivity contribution in [2.75, 3.05) is 0 Å². The van der Waals surface area contributed by atoms with Gasteiger partial charge in [-0.05, 0) is 30.4 Å². The fraction of sp³-hybridized carbons (Fsp3) is 0.100. The zero-order valence-electron chi connectivity index (χ0n) is 8.23. The third-order valence-electron chi connectivity index (χ3n) is 2.11. The molecule has 0 fully saturated rings. The first-order valence-corrected chi connectivity index (χ1v) is 5.75. The van der Waals surface area contributed by atoms with Gasteiger partial charge >= 0.3 is 6.18 Å². The second-order valence-electron chi connectivity index (χ2n) is 3.24. The molecule has 1 N–H and O–H groups in total. The molecule has 0 unspecified atom stereocenters. The zero-order valence-corrected chi connectivity index (χ0v) is 9.86. The molecule has 0 amide bonds. The van der Waals surface area contributed by atoms with Crippen molar-refractivity contribution in [3.8, 4) is 11.6 Å². The molecule has 0 aliphatic heterocycles. The number of alkyl halides is 3. The third kappa shape index (κ3) is 2.34. The number of benzene rings is 1. The Morgan fingerprint density at radius 3 is 2.71 bits per heavy atom. The normalized spacial score (nSPS) is 11.7. The Labute approximate surface area is 104 Å². The summed E-state index contributed by atoms with van der Waals surface area (Å²) in [5.41, 5.74) is -0.578. The molecule has 0 aliphatic carbocycles. The van der Waals surface area contributed by atoms with Crippen LogP contribution in [0.1, 0.15) is 5.56 Å². The van der Waals surface area contributed by atoms with Gasteiger partial charge in [0, 0.05) is 0 Å². The van der Waals surface area contributed by atoms with E-state index in [2.05, 4.69) is 0 Å². The van der Waals surface area contributed by atoms with Crippen molar-refractivity contribution >= 4 is 23.6 Å². The Hall–Kier alpha value is -1.34. The predicted octanol–water partition coefficient (Wildman–Crippen LogP) is 3.99. The maximum atomic E-state index is 12.5. The van der Waals surface area contributed by atoms with Crippen LogP contribution in [0.2, 0.25) is 0 Å². The maximum Gasteiger partial charge on any atom is 0.416 e. The van der Waals surface area contributed by atoms with Gasteiger partial charge in [0.2, 0.25) is 5.88 Å². The second kappa shape index (κ2) is 4.15. The number of hydrogen-bond donors (Lipinski definition) is 1. The van der Waals surface area contributed by atoms with Crippen molar-refractivity contribution in [3.63, 3.8) is 0 Å². The van der Waals surface area contributed by atoms with Crippen LogP contribution in [-0.4, -0.2) is 9.67 Å². The summed E-state index contributed by atoms with van der Waals surface area (Å²) in [6, 6.07) is 4.65. The van der Waals surface area contributed by atoms with Crippen LogP contribution in [0.15, 0.2) is 29.6 Å². The molecule has 1 heterocycles. The molecule has 0 bridgehead atoms. The molecule has 0 radical (unpaired) electrons. The minimum absolute atomic E-state index is 0.167. The fourth-order valence-electron chi connectivity index (χ4n) is 1.36. The van der Waals surface area contributed by atoms with E-state index in [1.165, 1.54) is 22.1 Å². The zero-order chi connectivity index (χ0) is 12.6. The van der Waals surface area contributed by atoms with E-state index in [4.69, 9.17) is 12.2 Å². The maximum absolute atomic E-state index is 12.5. The van der Waals surface area contributed by atoms with Gasteiger partial charge in [-0.2, -0.15) is 13.2 Å². The summed E-state index contributed by atoms with van der Waals surface area (Å²) in [4.78, 5) is 0. The monoisotopic (exact) mass is 287 g/mol. The molecule has 0 saturated heterocycles. The molecule has 1 aromatic heterocycles. The lowest BCUT2D eigenvalue weighted by molar-refractivity contribution is -0.137. The van der Waals surface area contributed by atoms with E-state index >= 15 is 0 Å². The molecule has 7 heteroatoms. The molecule has 0 spiro atoms. The number of halogens is 3. The first kappa shape index (κ1) is 12.1. The molecule has 2 aromatic rings. The number of hydrogen-bond acceptors (Lipinski definition) is 3. The lowest BCUT2D eigenvalue weighted by Gasteiger charge is -2.09. The van der Waals surface area contributed by atoms with Gasteiger partial charge < -0.3 is 5.11 Å². The van der Waals surface area contributed by atoms with Crippen molar-refractivity contribution in [2.24, 2.45) is 0 Å². The summed E-state index contributed by atoms with van der Waals surface area (Å²) >= 11 is 6.02. The minimum atomic E-state index is -4.41. The Morgan fingerprint density at radius 2 is 2.18 bits per heavy atom. The van der Waals surface area contributed by atoms with Gasteiger partial charge in [0.1, 0.15) is 0 Å². The van der Waals surface area contributed by atoms with Gasteiger partial charge in [0.15, 0.2) is 3.95 Å².